The second kappa shape index (κ2) is 6.59. The molecule has 1 aliphatic rings. The van der Waals surface area contributed by atoms with E-state index >= 15 is 0 Å². The third kappa shape index (κ3) is 3.03. The van der Waals surface area contributed by atoms with Crippen molar-refractivity contribution in [3.05, 3.63) is 58.6 Å². The Hall–Kier alpha value is -3.22. The van der Waals surface area contributed by atoms with Crippen molar-refractivity contribution in [3.63, 3.8) is 0 Å². The van der Waals surface area contributed by atoms with Gasteiger partial charge in [-0.05, 0) is 30.3 Å². The summed E-state index contributed by atoms with van der Waals surface area (Å²) in [5, 5.41) is 0. The summed E-state index contributed by atoms with van der Waals surface area (Å²) in [5.41, 5.74) is 2.84. The van der Waals surface area contributed by atoms with Crippen LogP contribution >= 0.6 is 0 Å². The Morgan fingerprint density at radius 1 is 1.12 bits per heavy atom. The third-order valence-corrected chi connectivity index (χ3v) is 4.65. The van der Waals surface area contributed by atoms with Crippen molar-refractivity contribution in [1.82, 2.24) is 9.88 Å². The van der Waals surface area contributed by atoms with Gasteiger partial charge in [0.1, 0.15) is 5.75 Å². The van der Waals surface area contributed by atoms with Crippen LogP contribution in [0.1, 0.15) is 10.4 Å². The van der Waals surface area contributed by atoms with Gasteiger partial charge in [-0.25, -0.2) is 4.79 Å². The number of fused-ring (bicyclic) bond motifs is 1. The van der Waals surface area contributed by atoms with Crippen LogP contribution in [0, 0.1) is 0 Å². The van der Waals surface area contributed by atoms with Crippen molar-refractivity contribution in [1.29, 1.82) is 0 Å². The number of nitrogens with zero attached hydrogens (tertiary/aromatic N) is 2. The molecule has 3 aromatic rings. The maximum Gasteiger partial charge on any atom is 0.417 e. The topological polar surface area (TPSA) is 78.8 Å². The van der Waals surface area contributed by atoms with Gasteiger partial charge in [-0.3, -0.25) is 9.78 Å². The lowest BCUT2D eigenvalue weighted by Crippen LogP contribution is -2.48. The first-order chi connectivity index (χ1) is 12.6. The monoisotopic (exact) mass is 353 g/mol. The number of rotatable bonds is 3. The molecule has 0 saturated carbocycles. The fraction of sp³-hybridized carbons (Fsp3) is 0.263. The number of methoxy groups -OCH3 is 1. The van der Waals surface area contributed by atoms with Gasteiger partial charge in [0.25, 0.3) is 5.91 Å². The minimum Gasteiger partial charge on any atom is -0.497 e. The first-order valence-electron chi connectivity index (χ1n) is 8.45. The van der Waals surface area contributed by atoms with E-state index < -0.39 is 5.76 Å². The Morgan fingerprint density at radius 3 is 2.69 bits per heavy atom. The second-order valence-electron chi connectivity index (χ2n) is 6.21. The number of aromatic amines is 1. The SMILES string of the molecule is COc1cccc(C(=O)N2CCN(c3ccc4[nH]c(=O)oc4c3)CC2)c1. The molecule has 1 aromatic heterocycles. The minimum absolute atomic E-state index is 0.00985. The highest BCUT2D eigenvalue weighted by molar-refractivity contribution is 5.94. The largest absolute Gasteiger partial charge is 0.497 e. The summed E-state index contributed by atoms with van der Waals surface area (Å²) >= 11 is 0. The average Bonchev–Trinajstić information content (AvgIpc) is 3.06. The minimum atomic E-state index is -0.453. The first kappa shape index (κ1) is 16.3. The fourth-order valence-corrected chi connectivity index (χ4v) is 3.24. The number of ether oxygens (including phenoxy) is 1. The van der Waals surface area contributed by atoms with E-state index in [0.717, 1.165) is 18.8 Å². The molecule has 2 heterocycles. The summed E-state index contributed by atoms with van der Waals surface area (Å²) < 4.78 is 10.3. The quantitative estimate of drug-likeness (QED) is 0.780. The van der Waals surface area contributed by atoms with Crippen LogP contribution in [0.5, 0.6) is 5.75 Å². The van der Waals surface area contributed by atoms with E-state index in [2.05, 4.69) is 9.88 Å². The van der Waals surface area contributed by atoms with Crippen molar-refractivity contribution in [2.45, 2.75) is 0 Å². The molecule has 0 aliphatic carbocycles. The number of oxazole rings is 1. The van der Waals surface area contributed by atoms with Crippen LogP contribution in [0.2, 0.25) is 0 Å². The Morgan fingerprint density at radius 2 is 1.92 bits per heavy atom. The van der Waals surface area contributed by atoms with Gasteiger partial charge in [0.15, 0.2) is 5.58 Å². The van der Waals surface area contributed by atoms with Crippen molar-refractivity contribution >= 4 is 22.7 Å². The van der Waals surface area contributed by atoms with Crippen LogP contribution < -0.4 is 15.4 Å². The molecule has 0 atom stereocenters. The number of carbonyl (C=O) groups is 1. The van der Waals surface area contributed by atoms with E-state index in [9.17, 15) is 9.59 Å². The highest BCUT2D eigenvalue weighted by Gasteiger charge is 2.23. The number of H-pyrrole nitrogens is 1. The number of aromatic nitrogens is 1. The van der Waals surface area contributed by atoms with Gasteiger partial charge in [0.05, 0.1) is 12.6 Å². The predicted molar refractivity (Wildman–Crippen MR) is 97.9 cm³/mol. The van der Waals surface area contributed by atoms with E-state index in [0.29, 0.717) is 35.5 Å². The van der Waals surface area contributed by atoms with E-state index in [-0.39, 0.29) is 5.91 Å². The molecule has 1 fully saturated rings. The number of hydrogen-bond donors (Lipinski definition) is 1. The standard InChI is InChI=1S/C19H19N3O4/c1-25-15-4-2-3-13(11-15)18(23)22-9-7-21(8-10-22)14-5-6-16-17(12-14)26-19(24)20-16/h2-6,11-12H,7-10H2,1H3,(H,20,24). The van der Waals surface area contributed by atoms with Crippen LogP contribution in [0.4, 0.5) is 5.69 Å². The zero-order valence-corrected chi connectivity index (χ0v) is 14.4. The van der Waals surface area contributed by atoms with E-state index in [1.165, 1.54) is 0 Å². The number of nitrogens with one attached hydrogen (secondary N) is 1. The molecule has 1 saturated heterocycles. The number of anilines is 1. The molecule has 26 heavy (non-hydrogen) atoms. The number of amides is 1. The molecular weight excluding hydrogens is 334 g/mol. The van der Waals surface area contributed by atoms with Crippen LogP contribution in [0.15, 0.2) is 51.7 Å². The van der Waals surface area contributed by atoms with Gasteiger partial charge in [-0.1, -0.05) is 6.07 Å². The van der Waals surface area contributed by atoms with Gasteiger partial charge in [0, 0.05) is 43.5 Å². The summed E-state index contributed by atoms with van der Waals surface area (Å²) in [6, 6.07) is 12.9. The third-order valence-electron chi connectivity index (χ3n) is 4.65. The molecule has 4 rings (SSSR count). The van der Waals surface area contributed by atoms with E-state index in [1.807, 2.05) is 35.2 Å². The van der Waals surface area contributed by atoms with Crippen molar-refractivity contribution < 1.29 is 13.9 Å². The summed E-state index contributed by atoms with van der Waals surface area (Å²) in [6.07, 6.45) is 0. The zero-order valence-electron chi connectivity index (χ0n) is 14.4. The van der Waals surface area contributed by atoms with Crippen LogP contribution in [-0.2, 0) is 0 Å². The molecule has 7 heteroatoms. The zero-order chi connectivity index (χ0) is 18.1. The molecular formula is C19H19N3O4. The lowest BCUT2D eigenvalue weighted by molar-refractivity contribution is 0.0746. The van der Waals surface area contributed by atoms with Gasteiger partial charge in [0.2, 0.25) is 0 Å². The highest BCUT2D eigenvalue weighted by Crippen LogP contribution is 2.22. The van der Waals surface area contributed by atoms with Crippen molar-refractivity contribution in [2.24, 2.45) is 0 Å². The molecule has 7 nitrogen and oxygen atoms in total. The maximum absolute atomic E-state index is 12.7. The molecule has 2 aromatic carbocycles. The van der Waals surface area contributed by atoms with Crippen molar-refractivity contribution in [2.75, 3.05) is 38.2 Å². The number of carbonyl (C=O) groups excluding carboxylic acids is 1. The Bertz CT molecular complexity index is 999. The summed E-state index contributed by atoms with van der Waals surface area (Å²) in [7, 11) is 1.59. The smallest absolute Gasteiger partial charge is 0.417 e. The molecule has 0 unspecified atom stereocenters. The number of hydrogen-bond acceptors (Lipinski definition) is 5. The average molecular weight is 353 g/mol. The van der Waals surface area contributed by atoms with Gasteiger partial charge in [-0.2, -0.15) is 0 Å². The lowest BCUT2D eigenvalue weighted by Gasteiger charge is -2.36. The summed E-state index contributed by atoms with van der Waals surface area (Å²) in [5.74, 6) is 0.234. The number of piperazine rings is 1. The van der Waals surface area contributed by atoms with Crippen LogP contribution in [0.25, 0.3) is 11.1 Å². The lowest BCUT2D eigenvalue weighted by atomic mass is 10.1. The van der Waals surface area contributed by atoms with Crippen molar-refractivity contribution in [3.8, 4) is 5.75 Å². The molecule has 1 amide bonds. The van der Waals surface area contributed by atoms with Crippen LogP contribution in [0.3, 0.4) is 0 Å². The Balaban J connectivity index is 1.45. The molecule has 0 radical (unpaired) electrons. The Labute approximate surface area is 149 Å². The molecule has 0 spiro atoms. The normalized spacial score (nSPS) is 14.7. The van der Waals surface area contributed by atoms with Gasteiger partial charge < -0.3 is 19.0 Å². The van der Waals surface area contributed by atoms with Crippen LogP contribution in [-0.4, -0.2) is 49.1 Å². The molecule has 1 N–H and O–H groups in total. The molecule has 134 valence electrons. The summed E-state index contributed by atoms with van der Waals surface area (Å²) in [4.78, 5) is 30.6. The highest BCUT2D eigenvalue weighted by atomic mass is 16.5. The maximum atomic E-state index is 12.7. The summed E-state index contributed by atoms with van der Waals surface area (Å²) in [6.45, 7) is 2.70. The fourth-order valence-electron chi connectivity index (χ4n) is 3.24. The predicted octanol–water partition coefficient (Wildman–Crippen LogP) is 2.09. The number of benzene rings is 2. The Kier molecular flexibility index (Phi) is 4.12. The molecule has 0 bridgehead atoms. The van der Waals surface area contributed by atoms with Gasteiger partial charge in [-0.15, -0.1) is 0 Å². The first-order valence-corrected chi connectivity index (χ1v) is 8.45. The van der Waals surface area contributed by atoms with Gasteiger partial charge >= 0.3 is 5.76 Å². The van der Waals surface area contributed by atoms with E-state index in [4.69, 9.17) is 9.15 Å². The van der Waals surface area contributed by atoms with E-state index in [1.54, 1.807) is 19.2 Å². The second-order valence-corrected chi connectivity index (χ2v) is 6.21. The molecule has 1 aliphatic heterocycles.